The summed E-state index contributed by atoms with van der Waals surface area (Å²) in [6.45, 7) is 0. The van der Waals surface area contributed by atoms with E-state index in [1.807, 2.05) is 97.3 Å². The Labute approximate surface area is 175 Å². The maximum Gasteiger partial charge on any atom is 0.264 e. The van der Waals surface area contributed by atoms with Crippen LogP contribution in [0.5, 0.6) is 0 Å². The largest absolute Gasteiger partial charge is 0.360 e. The molecule has 4 nitrogen and oxygen atoms in total. The first-order valence-corrected chi connectivity index (χ1v) is 10.4. The van der Waals surface area contributed by atoms with E-state index in [4.69, 9.17) is 0 Å². The Bertz CT molecular complexity index is 987. The number of nitrogens with one attached hydrogen (secondary N) is 2. The lowest BCUT2D eigenvalue weighted by atomic mass is 9.98. The third-order valence-electron chi connectivity index (χ3n) is 4.36. The number of hydrogen-bond donors (Lipinski definition) is 2. The van der Waals surface area contributed by atoms with Gasteiger partial charge in [0.2, 0.25) is 0 Å². The highest BCUT2D eigenvalue weighted by Gasteiger charge is 2.19. The minimum Gasteiger partial charge on any atom is -0.360 e. The van der Waals surface area contributed by atoms with Gasteiger partial charge >= 0.3 is 0 Å². The molecule has 0 fully saturated rings. The number of amides is 1. The number of carbonyl (C=O) groups is 1. The van der Waals surface area contributed by atoms with Crippen LogP contribution in [0.1, 0.15) is 17.2 Å². The van der Waals surface area contributed by atoms with Crippen LogP contribution in [0.2, 0.25) is 0 Å². The van der Waals surface area contributed by atoms with E-state index >= 15 is 0 Å². The first-order chi connectivity index (χ1) is 14.2. The van der Waals surface area contributed by atoms with Crippen LogP contribution in [-0.4, -0.2) is 12.2 Å². The Morgan fingerprint density at radius 2 is 1.59 bits per heavy atom. The number of carbonyl (C=O) groups excluding carboxylic acids is 1. The fourth-order valence-corrected chi connectivity index (χ4v) is 3.34. The maximum absolute atomic E-state index is 12.8. The van der Waals surface area contributed by atoms with E-state index in [1.54, 1.807) is 11.8 Å². The average Bonchev–Trinajstić information content (AvgIpc) is 2.79. The lowest BCUT2D eigenvalue weighted by Gasteiger charge is -2.19. The molecule has 0 aliphatic carbocycles. The topological polar surface area (TPSA) is 64.9 Å². The highest BCUT2D eigenvalue weighted by molar-refractivity contribution is 7.98. The number of nitrogens with zero attached hydrogens (tertiary/aromatic N) is 1. The van der Waals surface area contributed by atoms with Crippen molar-refractivity contribution in [2.24, 2.45) is 0 Å². The average molecular weight is 400 g/mol. The predicted molar refractivity (Wildman–Crippen MR) is 118 cm³/mol. The second kappa shape index (κ2) is 10.2. The van der Waals surface area contributed by atoms with Crippen LogP contribution in [0.15, 0.2) is 102 Å². The summed E-state index contributed by atoms with van der Waals surface area (Å²) in [5.74, 6) is -0.432. The molecule has 144 valence electrons. The van der Waals surface area contributed by atoms with E-state index < -0.39 is 5.91 Å². The van der Waals surface area contributed by atoms with E-state index in [0.29, 0.717) is 0 Å². The monoisotopic (exact) mass is 399 g/mol. The first-order valence-electron chi connectivity index (χ1n) is 9.13. The van der Waals surface area contributed by atoms with Crippen molar-refractivity contribution < 1.29 is 4.79 Å². The molecule has 0 aromatic heterocycles. The summed E-state index contributed by atoms with van der Waals surface area (Å²) in [7, 11) is 0. The molecule has 0 heterocycles. The molecular formula is C24H21N3OS. The molecule has 0 radical (unpaired) electrons. The molecule has 29 heavy (non-hydrogen) atoms. The minimum absolute atomic E-state index is 0.0106. The van der Waals surface area contributed by atoms with Crippen LogP contribution in [-0.2, 0) is 4.79 Å². The zero-order valence-corrected chi connectivity index (χ0v) is 16.8. The smallest absolute Gasteiger partial charge is 0.264 e. The normalized spacial score (nSPS) is 11.0. The molecule has 0 spiro atoms. The summed E-state index contributed by atoms with van der Waals surface area (Å²) in [4.78, 5) is 13.9. The van der Waals surface area contributed by atoms with Gasteiger partial charge in [0.25, 0.3) is 5.91 Å². The van der Waals surface area contributed by atoms with Crippen LogP contribution in [0, 0.1) is 11.3 Å². The minimum atomic E-state index is -0.432. The van der Waals surface area contributed by atoms with Crippen molar-refractivity contribution in [1.82, 2.24) is 5.32 Å². The van der Waals surface area contributed by atoms with Crippen molar-refractivity contribution in [1.29, 1.82) is 5.26 Å². The second-order valence-corrected chi connectivity index (χ2v) is 7.15. The summed E-state index contributed by atoms with van der Waals surface area (Å²) < 4.78 is 0. The molecule has 0 saturated carbocycles. The van der Waals surface area contributed by atoms with Gasteiger partial charge < -0.3 is 10.6 Å². The number of rotatable bonds is 7. The van der Waals surface area contributed by atoms with Crippen LogP contribution >= 0.6 is 11.8 Å². The van der Waals surface area contributed by atoms with E-state index in [1.165, 1.54) is 6.20 Å². The van der Waals surface area contributed by atoms with Crippen molar-refractivity contribution in [2.45, 2.75) is 10.9 Å². The zero-order valence-electron chi connectivity index (χ0n) is 16.0. The van der Waals surface area contributed by atoms with E-state index in [2.05, 4.69) is 10.6 Å². The van der Waals surface area contributed by atoms with Gasteiger partial charge in [-0.25, -0.2) is 0 Å². The van der Waals surface area contributed by atoms with Crippen molar-refractivity contribution in [3.63, 3.8) is 0 Å². The molecule has 5 heteroatoms. The molecule has 0 bridgehead atoms. The Hall–Kier alpha value is -3.49. The number of hydrogen-bond acceptors (Lipinski definition) is 4. The molecule has 0 atom stereocenters. The van der Waals surface area contributed by atoms with Gasteiger partial charge in [0.1, 0.15) is 11.6 Å². The zero-order chi connectivity index (χ0) is 20.5. The third-order valence-corrected chi connectivity index (χ3v) is 5.08. The SMILES string of the molecule is CSc1cccc(N/C=C(/C#N)C(=O)NC(c2ccccc2)c2ccccc2)c1. The second-order valence-electron chi connectivity index (χ2n) is 6.27. The standard InChI is InChI=1S/C24H21N3OS/c1-29-22-14-8-13-21(15-22)26-17-20(16-25)24(28)27-23(18-9-4-2-5-10-18)19-11-6-3-7-12-19/h2-15,17,23,26H,1H3,(H,27,28)/b20-17-. The van der Waals surface area contributed by atoms with Crippen LogP contribution in [0.25, 0.3) is 0 Å². The fraction of sp³-hybridized carbons (Fsp3) is 0.0833. The van der Waals surface area contributed by atoms with E-state index in [9.17, 15) is 10.1 Å². The van der Waals surface area contributed by atoms with Gasteiger partial charge in [-0.05, 0) is 35.6 Å². The summed E-state index contributed by atoms with van der Waals surface area (Å²) in [5.41, 5.74) is 2.73. The Balaban J connectivity index is 1.81. The molecule has 1 amide bonds. The molecule has 3 rings (SSSR count). The van der Waals surface area contributed by atoms with Crippen LogP contribution < -0.4 is 10.6 Å². The van der Waals surface area contributed by atoms with Gasteiger partial charge in [0.05, 0.1) is 6.04 Å². The van der Waals surface area contributed by atoms with E-state index in [0.717, 1.165) is 21.7 Å². The van der Waals surface area contributed by atoms with Crippen molar-refractivity contribution in [3.05, 3.63) is 108 Å². The first kappa shape index (κ1) is 20.2. The number of thioether (sulfide) groups is 1. The summed E-state index contributed by atoms with van der Waals surface area (Å²) in [6.07, 6.45) is 3.44. The van der Waals surface area contributed by atoms with Crippen molar-refractivity contribution in [3.8, 4) is 6.07 Å². The maximum atomic E-state index is 12.8. The van der Waals surface area contributed by atoms with Gasteiger partial charge in [0.15, 0.2) is 0 Å². The summed E-state index contributed by atoms with van der Waals surface area (Å²) in [6, 6.07) is 28.8. The number of anilines is 1. The quantitative estimate of drug-likeness (QED) is 0.328. The number of benzene rings is 3. The lowest BCUT2D eigenvalue weighted by Crippen LogP contribution is -2.30. The summed E-state index contributed by atoms with van der Waals surface area (Å²) >= 11 is 1.63. The van der Waals surface area contributed by atoms with Gasteiger partial charge in [-0.1, -0.05) is 66.7 Å². The Morgan fingerprint density at radius 1 is 0.966 bits per heavy atom. The van der Waals surface area contributed by atoms with Gasteiger partial charge in [-0.3, -0.25) is 4.79 Å². The Kier molecular flexibility index (Phi) is 7.10. The molecule has 0 saturated heterocycles. The third kappa shape index (κ3) is 5.50. The van der Waals surface area contributed by atoms with Gasteiger partial charge in [-0.15, -0.1) is 11.8 Å². The summed E-state index contributed by atoms with van der Waals surface area (Å²) in [5, 5.41) is 15.5. The van der Waals surface area contributed by atoms with Crippen LogP contribution in [0.4, 0.5) is 5.69 Å². The van der Waals surface area contributed by atoms with Gasteiger partial charge in [0, 0.05) is 16.8 Å². The highest BCUT2D eigenvalue weighted by atomic mass is 32.2. The highest BCUT2D eigenvalue weighted by Crippen LogP contribution is 2.22. The van der Waals surface area contributed by atoms with Gasteiger partial charge in [-0.2, -0.15) is 5.26 Å². The van der Waals surface area contributed by atoms with Crippen LogP contribution in [0.3, 0.4) is 0 Å². The van der Waals surface area contributed by atoms with Crippen molar-refractivity contribution >= 4 is 23.4 Å². The van der Waals surface area contributed by atoms with Crippen molar-refractivity contribution in [2.75, 3.05) is 11.6 Å². The molecule has 0 aliphatic rings. The lowest BCUT2D eigenvalue weighted by molar-refractivity contribution is -0.117. The molecule has 0 aliphatic heterocycles. The molecule has 3 aromatic rings. The Morgan fingerprint density at radius 3 is 2.14 bits per heavy atom. The molecule has 3 aromatic carbocycles. The fourth-order valence-electron chi connectivity index (χ4n) is 2.88. The molecule has 2 N–H and O–H groups in total. The van der Waals surface area contributed by atoms with E-state index in [-0.39, 0.29) is 11.6 Å². The number of nitriles is 1. The predicted octanol–water partition coefficient (Wildman–Crippen LogP) is 5.13. The molecular weight excluding hydrogens is 378 g/mol. The molecule has 0 unspecified atom stereocenters.